The van der Waals surface area contributed by atoms with Gasteiger partial charge in [-0.05, 0) is 37.5 Å². The highest BCUT2D eigenvalue weighted by molar-refractivity contribution is 6.03. The Morgan fingerprint density at radius 3 is 2.41 bits per heavy atom. The maximum absolute atomic E-state index is 13.1. The molecule has 1 aliphatic heterocycles. The number of nitrogens with one attached hydrogen (secondary N) is 1. The van der Waals surface area contributed by atoms with Crippen molar-refractivity contribution >= 4 is 29.3 Å². The van der Waals surface area contributed by atoms with E-state index in [-0.39, 0.29) is 11.8 Å². The zero-order valence-electron chi connectivity index (χ0n) is 22.1. The van der Waals surface area contributed by atoms with Crippen molar-refractivity contribution in [2.75, 3.05) is 36.4 Å². The molecule has 2 amide bonds. The molecule has 2 aromatic heterocycles. The molecule has 2 aliphatic rings. The Labute approximate surface area is 227 Å². The summed E-state index contributed by atoms with van der Waals surface area (Å²) in [7, 11) is 0. The molecule has 39 heavy (non-hydrogen) atoms. The summed E-state index contributed by atoms with van der Waals surface area (Å²) in [6, 6.07) is 15.3. The maximum Gasteiger partial charge on any atom is 0.307 e. The van der Waals surface area contributed by atoms with Crippen molar-refractivity contribution in [2.45, 2.75) is 39.2 Å². The number of nitrogens with zero attached hydrogens (tertiary/aromatic N) is 5. The van der Waals surface area contributed by atoms with Gasteiger partial charge in [0.1, 0.15) is 11.5 Å². The third-order valence-electron chi connectivity index (χ3n) is 7.59. The molecule has 0 bridgehead atoms. The lowest BCUT2D eigenvalue weighted by atomic mass is 9.94. The van der Waals surface area contributed by atoms with Crippen molar-refractivity contribution in [3.05, 3.63) is 60.4 Å². The number of aromatic nitrogens is 3. The molecule has 0 unspecified atom stereocenters. The summed E-state index contributed by atoms with van der Waals surface area (Å²) in [5.74, 6) is -1.35. The molecule has 2 N–H and O–H groups in total. The van der Waals surface area contributed by atoms with Gasteiger partial charge in [0.15, 0.2) is 0 Å². The highest BCUT2D eigenvalue weighted by atomic mass is 16.4. The Kier molecular flexibility index (Phi) is 7.90. The lowest BCUT2D eigenvalue weighted by Crippen LogP contribution is -2.51. The quantitative estimate of drug-likeness (QED) is 0.455. The van der Waals surface area contributed by atoms with Gasteiger partial charge >= 0.3 is 5.97 Å². The van der Waals surface area contributed by atoms with Gasteiger partial charge in [-0.2, -0.15) is 5.10 Å². The van der Waals surface area contributed by atoms with Crippen LogP contribution in [0.5, 0.6) is 0 Å². The van der Waals surface area contributed by atoms with E-state index in [1.807, 2.05) is 55.5 Å². The average Bonchev–Trinajstić information content (AvgIpc) is 3.62. The van der Waals surface area contributed by atoms with Crippen LogP contribution >= 0.6 is 0 Å². The van der Waals surface area contributed by atoms with Crippen molar-refractivity contribution in [3.63, 3.8) is 0 Å². The number of carbonyl (C=O) groups is 3. The number of anilines is 2. The van der Waals surface area contributed by atoms with Gasteiger partial charge in [-0.3, -0.25) is 19.1 Å². The Bertz CT molecular complexity index is 1320. The minimum atomic E-state index is -0.868. The summed E-state index contributed by atoms with van der Waals surface area (Å²) in [5.41, 5.74) is 2.79. The summed E-state index contributed by atoms with van der Waals surface area (Å²) in [5, 5.41) is 17.0. The van der Waals surface area contributed by atoms with Crippen molar-refractivity contribution in [3.8, 4) is 11.3 Å². The van der Waals surface area contributed by atoms with Gasteiger partial charge in [-0.1, -0.05) is 43.7 Å². The number of hydrogen-bond donors (Lipinski definition) is 2. The first-order valence-corrected chi connectivity index (χ1v) is 13.6. The molecule has 10 heteroatoms. The minimum absolute atomic E-state index is 0.0386. The predicted molar refractivity (Wildman–Crippen MR) is 147 cm³/mol. The van der Waals surface area contributed by atoms with Crippen LogP contribution in [-0.2, 0) is 16.1 Å². The molecule has 10 nitrogen and oxygen atoms in total. The van der Waals surface area contributed by atoms with Crippen LogP contribution in [0.3, 0.4) is 0 Å². The number of amides is 2. The molecule has 1 saturated carbocycles. The number of carboxylic acids is 1. The molecule has 1 aliphatic carbocycles. The SMILES string of the molecule is CCCn1nc(-c2ccccc2)cc1C(=O)Nc1ccc(N2CCN(C(=O)[C@H]3CCC[C@@H]3C(=O)O)CC2)nc1. The Hall–Kier alpha value is -4.21. The van der Waals surface area contributed by atoms with E-state index < -0.39 is 17.8 Å². The van der Waals surface area contributed by atoms with Crippen molar-refractivity contribution < 1.29 is 19.5 Å². The summed E-state index contributed by atoms with van der Waals surface area (Å²) < 4.78 is 1.74. The second-order valence-electron chi connectivity index (χ2n) is 10.2. The van der Waals surface area contributed by atoms with Gasteiger partial charge in [0.2, 0.25) is 5.91 Å². The van der Waals surface area contributed by atoms with E-state index in [4.69, 9.17) is 0 Å². The summed E-state index contributed by atoms with van der Waals surface area (Å²) >= 11 is 0. The Morgan fingerprint density at radius 2 is 1.74 bits per heavy atom. The van der Waals surface area contributed by atoms with Crippen molar-refractivity contribution in [1.82, 2.24) is 19.7 Å². The molecule has 3 heterocycles. The molecule has 0 radical (unpaired) electrons. The van der Waals surface area contributed by atoms with E-state index in [9.17, 15) is 19.5 Å². The second kappa shape index (κ2) is 11.7. The molecule has 3 aromatic rings. The third kappa shape index (κ3) is 5.79. The molecular formula is C29H34N6O4. The Morgan fingerprint density at radius 1 is 1.00 bits per heavy atom. The van der Waals surface area contributed by atoms with Gasteiger partial charge in [0, 0.05) is 38.3 Å². The molecule has 1 aromatic carbocycles. The van der Waals surface area contributed by atoms with Crippen LogP contribution in [0.25, 0.3) is 11.3 Å². The molecule has 5 rings (SSSR count). The number of aliphatic carboxylic acids is 1. The highest BCUT2D eigenvalue weighted by Gasteiger charge is 2.40. The van der Waals surface area contributed by atoms with E-state index in [0.29, 0.717) is 56.9 Å². The number of rotatable bonds is 8. The van der Waals surface area contributed by atoms with E-state index in [0.717, 1.165) is 29.9 Å². The van der Waals surface area contributed by atoms with Gasteiger partial charge in [0.25, 0.3) is 5.91 Å². The first kappa shape index (κ1) is 26.4. The van der Waals surface area contributed by atoms with Crippen LogP contribution in [-0.4, -0.2) is 68.7 Å². The van der Waals surface area contributed by atoms with Crippen LogP contribution in [0.15, 0.2) is 54.7 Å². The van der Waals surface area contributed by atoms with Crippen LogP contribution in [0, 0.1) is 11.8 Å². The first-order chi connectivity index (χ1) is 18.9. The first-order valence-electron chi connectivity index (χ1n) is 13.6. The molecule has 204 valence electrons. The van der Waals surface area contributed by atoms with E-state index >= 15 is 0 Å². The maximum atomic E-state index is 13.1. The molecule has 0 spiro atoms. The lowest BCUT2D eigenvalue weighted by molar-refractivity contribution is -0.149. The Balaban J connectivity index is 1.19. The monoisotopic (exact) mass is 530 g/mol. The number of benzene rings is 1. The molecule has 2 atom stereocenters. The molecule has 1 saturated heterocycles. The topological polar surface area (TPSA) is 121 Å². The predicted octanol–water partition coefficient (Wildman–Crippen LogP) is 3.76. The smallest absolute Gasteiger partial charge is 0.307 e. The normalized spacial score (nSPS) is 19.2. The van der Waals surface area contributed by atoms with Crippen LogP contribution < -0.4 is 10.2 Å². The van der Waals surface area contributed by atoms with Crippen LogP contribution in [0.4, 0.5) is 11.5 Å². The number of carboxylic acid groups (broad SMARTS) is 1. The second-order valence-corrected chi connectivity index (χ2v) is 10.2. The summed E-state index contributed by atoms with van der Waals surface area (Å²) in [6.45, 7) is 4.99. The van der Waals surface area contributed by atoms with Gasteiger partial charge in [-0.15, -0.1) is 0 Å². The fourth-order valence-corrected chi connectivity index (χ4v) is 5.52. The van der Waals surface area contributed by atoms with Crippen LogP contribution in [0.1, 0.15) is 43.1 Å². The number of aryl methyl sites for hydroxylation is 1. The highest BCUT2D eigenvalue weighted by Crippen LogP contribution is 2.33. The minimum Gasteiger partial charge on any atom is -0.481 e. The molecular weight excluding hydrogens is 496 g/mol. The number of pyridine rings is 1. The largest absolute Gasteiger partial charge is 0.481 e. The zero-order valence-corrected chi connectivity index (χ0v) is 22.1. The standard InChI is InChI=1S/C29H34N6O4/c1-2-13-35-25(18-24(32-35)20-7-4-3-5-8-20)27(36)31-21-11-12-26(30-19-21)33-14-16-34(17-15-33)28(37)22-9-6-10-23(22)29(38)39/h3-5,7-8,11-12,18-19,22-23H,2,6,9-10,13-17H2,1H3,(H,31,36)(H,38,39)/t22-,23-/m0/s1. The number of hydrogen-bond acceptors (Lipinski definition) is 6. The van der Waals surface area contributed by atoms with E-state index in [1.54, 1.807) is 15.8 Å². The summed E-state index contributed by atoms with van der Waals surface area (Å²) in [4.78, 5) is 46.0. The fourth-order valence-electron chi connectivity index (χ4n) is 5.52. The zero-order chi connectivity index (χ0) is 27.4. The number of piperazine rings is 1. The third-order valence-corrected chi connectivity index (χ3v) is 7.59. The lowest BCUT2D eigenvalue weighted by Gasteiger charge is -2.37. The molecule has 2 fully saturated rings. The summed E-state index contributed by atoms with van der Waals surface area (Å²) in [6.07, 6.45) is 4.51. The fraction of sp³-hybridized carbons (Fsp3) is 0.414. The van der Waals surface area contributed by atoms with Crippen LogP contribution in [0.2, 0.25) is 0 Å². The van der Waals surface area contributed by atoms with Gasteiger partial charge in [0.05, 0.1) is 29.4 Å². The van der Waals surface area contributed by atoms with Crippen molar-refractivity contribution in [1.29, 1.82) is 0 Å². The number of carbonyl (C=O) groups excluding carboxylic acids is 2. The van der Waals surface area contributed by atoms with Gasteiger partial charge in [-0.25, -0.2) is 4.98 Å². The van der Waals surface area contributed by atoms with E-state index in [2.05, 4.69) is 20.3 Å². The van der Waals surface area contributed by atoms with E-state index in [1.165, 1.54) is 0 Å². The van der Waals surface area contributed by atoms with Crippen molar-refractivity contribution in [2.24, 2.45) is 11.8 Å². The van der Waals surface area contributed by atoms with Gasteiger partial charge < -0.3 is 20.2 Å². The average molecular weight is 531 g/mol.